The van der Waals surface area contributed by atoms with Gasteiger partial charge in [0.25, 0.3) is 0 Å². The molecule has 3 unspecified atom stereocenters. The number of rotatable bonds is 6. The van der Waals surface area contributed by atoms with Crippen molar-refractivity contribution in [2.45, 2.75) is 38.6 Å². The summed E-state index contributed by atoms with van der Waals surface area (Å²) in [7, 11) is -2.91. The first-order chi connectivity index (χ1) is 7.92. The smallest absolute Gasteiger partial charge is 0.148 e. The molecule has 0 saturated heterocycles. The van der Waals surface area contributed by atoms with Crippen molar-refractivity contribution in [1.82, 2.24) is 5.32 Å². The van der Waals surface area contributed by atoms with E-state index in [2.05, 4.69) is 5.32 Å². The number of aliphatic hydroxyl groups is 1. The molecule has 102 valence electrons. The third kappa shape index (κ3) is 5.84. The summed E-state index contributed by atoms with van der Waals surface area (Å²) < 4.78 is 22.3. The number of hydrogen-bond acceptors (Lipinski definition) is 4. The number of sulfone groups is 1. The molecule has 0 bridgehead atoms. The van der Waals surface area contributed by atoms with Crippen LogP contribution in [0.4, 0.5) is 0 Å². The standard InChI is InChI=1S/C12H25NO3S/c1-10(9-17(2,15)16)13-7-11-5-3-4-6-12(11)8-14/h10-14H,3-9H2,1-2H3. The van der Waals surface area contributed by atoms with Gasteiger partial charge >= 0.3 is 0 Å². The van der Waals surface area contributed by atoms with Gasteiger partial charge in [0.15, 0.2) is 0 Å². The zero-order valence-corrected chi connectivity index (χ0v) is 11.7. The fourth-order valence-electron chi connectivity index (χ4n) is 2.66. The molecule has 0 aliphatic heterocycles. The molecule has 5 heteroatoms. The minimum absolute atomic E-state index is 0.00808. The highest BCUT2D eigenvalue weighted by Crippen LogP contribution is 2.29. The molecule has 0 aromatic carbocycles. The third-order valence-corrected chi connectivity index (χ3v) is 4.69. The van der Waals surface area contributed by atoms with Gasteiger partial charge < -0.3 is 10.4 Å². The molecular weight excluding hydrogens is 238 g/mol. The molecule has 0 amide bonds. The van der Waals surface area contributed by atoms with Gasteiger partial charge in [-0.3, -0.25) is 0 Å². The van der Waals surface area contributed by atoms with Gasteiger partial charge in [-0.2, -0.15) is 0 Å². The van der Waals surface area contributed by atoms with Crippen LogP contribution in [-0.4, -0.2) is 44.7 Å². The van der Waals surface area contributed by atoms with Crippen LogP contribution in [0.1, 0.15) is 32.6 Å². The molecule has 0 radical (unpaired) electrons. The Labute approximate surface area is 105 Å². The van der Waals surface area contributed by atoms with Crippen LogP contribution < -0.4 is 5.32 Å². The number of nitrogens with one attached hydrogen (secondary N) is 1. The Morgan fingerprint density at radius 3 is 2.41 bits per heavy atom. The van der Waals surface area contributed by atoms with Crippen LogP contribution in [0.3, 0.4) is 0 Å². The van der Waals surface area contributed by atoms with E-state index >= 15 is 0 Å². The normalized spacial score (nSPS) is 27.9. The van der Waals surface area contributed by atoms with Crippen molar-refractivity contribution in [1.29, 1.82) is 0 Å². The van der Waals surface area contributed by atoms with Gasteiger partial charge in [0.2, 0.25) is 0 Å². The van der Waals surface area contributed by atoms with E-state index in [1.807, 2.05) is 6.92 Å². The summed E-state index contributed by atoms with van der Waals surface area (Å²) >= 11 is 0. The zero-order chi connectivity index (χ0) is 12.9. The molecule has 1 aliphatic carbocycles. The number of aliphatic hydroxyl groups excluding tert-OH is 1. The summed E-state index contributed by atoms with van der Waals surface area (Å²) in [6.45, 7) is 2.98. The molecule has 1 aliphatic rings. The van der Waals surface area contributed by atoms with Crippen LogP contribution in [0.25, 0.3) is 0 Å². The Bertz CT molecular complexity index is 316. The first-order valence-corrected chi connectivity index (χ1v) is 8.50. The minimum Gasteiger partial charge on any atom is -0.396 e. The zero-order valence-electron chi connectivity index (χ0n) is 10.9. The van der Waals surface area contributed by atoms with Crippen molar-refractivity contribution in [3.05, 3.63) is 0 Å². The van der Waals surface area contributed by atoms with Crippen LogP contribution in [0.15, 0.2) is 0 Å². The fraction of sp³-hybridized carbons (Fsp3) is 1.00. The highest BCUT2D eigenvalue weighted by atomic mass is 32.2. The van der Waals surface area contributed by atoms with Gasteiger partial charge in [0.1, 0.15) is 9.84 Å². The lowest BCUT2D eigenvalue weighted by Crippen LogP contribution is -2.39. The van der Waals surface area contributed by atoms with Gasteiger partial charge in [-0.05, 0) is 38.1 Å². The van der Waals surface area contributed by atoms with E-state index in [-0.39, 0.29) is 18.4 Å². The predicted molar refractivity (Wildman–Crippen MR) is 69.7 cm³/mol. The molecule has 0 spiro atoms. The highest BCUT2D eigenvalue weighted by Gasteiger charge is 2.24. The Morgan fingerprint density at radius 2 is 1.88 bits per heavy atom. The summed E-state index contributed by atoms with van der Waals surface area (Å²) in [5.41, 5.74) is 0. The second-order valence-electron chi connectivity index (χ2n) is 5.39. The van der Waals surface area contributed by atoms with Gasteiger partial charge in [-0.15, -0.1) is 0 Å². The molecule has 17 heavy (non-hydrogen) atoms. The highest BCUT2D eigenvalue weighted by molar-refractivity contribution is 7.90. The predicted octanol–water partition coefficient (Wildman–Crippen LogP) is 0.808. The topological polar surface area (TPSA) is 66.4 Å². The van der Waals surface area contributed by atoms with E-state index in [0.29, 0.717) is 11.8 Å². The van der Waals surface area contributed by atoms with Crippen molar-refractivity contribution in [3.63, 3.8) is 0 Å². The molecule has 0 aromatic rings. The lowest BCUT2D eigenvalue weighted by Gasteiger charge is -2.31. The SMILES string of the molecule is CC(CS(C)(=O)=O)NCC1CCCCC1CO. The van der Waals surface area contributed by atoms with Crippen molar-refractivity contribution in [2.24, 2.45) is 11.8 Å². The molecule has 3 atom stereocenters. The average Bonchev–Trinajstić information content (AvgIpc) is 2.24. The van der Waals surface area contributed by atoms with Crippen molar-refractivity contribution >= 4 is 9.84 Å². The molecular formula is C12H25NO3S. The van der Waals surface area contributed by atoms with Crippen molar-refractivity contribution in [3.8, 4) is 0 Å². The summed E-state index contributed by atoms with van der Waals surface area (Å²) in [6.07, 6.45) is 5.94. The lowest BCUT2D eigenvalue weighted by molar-refractivity contribution is 0.132. The third-order valence-electron chi connectivity index (χ3n) is 3.58. The molecule has 4 nitrogen and oxygen atoms in total. The second-order valence-corrected chi connectivity index (χ2v) is 7.57. The Morgan fingerprint density at radius 1 is 1.29 bits per heavy atom. The summed E-state index contributed by atoms with van der Waals surface area (Å²) in [4.78, 5) is 0. The van der Waals surface area contributed by atoms with Crippen LogP contribution >= 0.6 is 0 Å². The van der Waals surface area contributed by atoms with Crippen LogP contribution in [0.2, 0.25) is 0 Å². The second kappa shape index (κ2) is 6.71. The van der Waals surface area contributed by atoms with Crippen LogP contribution in [0, 0.1) is 11.8 Å². The first-order valence-electron chi connectivity index (χ1n) is 6.44. The maximum absolute atomic E-state index is 11.1. The monoisotopic (exact) mass is 263 g/mol. The molecule has 0 heterocycles. The van der Waals surface area contributed by atoms with Crippen molar-refractivity contribution < 1.29 is 13.5 Å². The molecule has 1 saturated carbocycles. The Balaban J connectivity index is 2.33. The van der Waals surface area contributed by atoms with Crippen molar-refractivity contribution in [2.75, 3.05) is 25.2 Å². The molecule has 1 fully saturated rings. The van der Waals surface area contributed by atoms with E-state index in [4.69, 9.17) is 0 Å². The largest absolute Gasteiger partial charge is 0.396 e. The Kier molecular flexibility index (Phi) is 5.89. The summed E-state index contributed by atoms with van der Waals surface area (Å²) in [6, 6.07) is -0.00808. The lowest BCUT2D eigenvalue weighted by atomic mass is 9.79. The van der Waals surface area contributed by atoms with Gasteiger partial charge in [-0.1, -0.05) is 12.8 Å². The van der Waals surface area contributed by atoms with Gasteiger partial charge in [-0.25, -0.2) is 8.42 Å². The van der Waals surface area contributed by atoms with Gasteiger partial charge in [0.05, 0.1) is 5.75 Å². The van der Waals surface area contributed by atoms with E-state index in [0.717, 1.165) is 19.4 Å². The summed E-state index contributed by atoms with van der Waals surface area (Å²) in [5.74, 6) is 1.07. The van der Waals surface area contributed by atoms with E-state index in [1.165, 1.54) is 19.1 Å². The molecule has 1 rings (SSSR count). The van der Waals surface area contributed by atoms with E-state index in [9.17, 15) is 13.5 Å². The van der Waals surface area contributed by atoms with E-state index in [1.54, 1.807) is 0 Å². The quantitative estimate of drug-likeness (QED) is 0.744. The van der Waals surface area contributed by atoms with E-state index < -0.39 is 9.84 Å². The maximum atomic E-state index is 11.1. The van der Waals surface area contributed by atoms with Crippen LogP contribution in [-0.2, 0) is 9.84 Å². The Hall–Kier alpha value is -0.130. The van der Waals surface area contributed by atoms with Crippen LogP contribution in [0.5, 0.6) is 0 Å². The van der Waals surface area contributed by atoms with Gasteiger partial charge in [0, 0.05) is 18.9 Å². The molecule has 0 aromatic heterocycles. The minimum atomic E-state index is -2.91. The fourth-order valence-corrected chi connectivity index (χ4v) is 3.69. The molecule has 2 N–H and O–H groups in total. The first kappa shape index (κ1) is 14.9. The number of hydrogen-bond donors (Lipinski definition) is 2. The summed E-state index contributed by atoms with van der Waals surface area (Å²) in [5, 5.41) is 12.6. The maximum Gasteiger partial charge on any atom is 0.148 e. The average molecular weight is 263 g/mol.